The highest BCUT2D eigenvalue weighted by Gasteiger charge is 2.18. The Morgan fingerprint density at radius 3 is 2.41 bits per heavy atom. The van der Waals surface area contributed by atoms with Crippen LogP contribution in [0.25, 0.3) is 11.4 Å². The summed E-state index contributed by atoms with van der Waals surface area (Å²) in [5, 5.41) is 12.6. The molecule has 3 aromatic carbocycles. The van der Waals surface area contributed by atoms with Crippen molar-refractivity contribution in [1.82, 2.24) is 14.8 Å². The molecule has 0 saturated carbocycles. The fraction of sp³-hybridized carbons (Fsp3) is 0.222. The molecule has 0 atom stereocenters. The van der Waals surface area contributed by atoms with E-state index in [2.05, 4.69) is 39.1 Å². The Balaban J connectivity index is 1.52. The lowest BCUT2D eigenvalue weighted by molar-refractivity contribution is -0.113. The van der Waals surface area contributed by atoms with Crippen molar-refractivity contribution in [3.63, 3.8) is 0 Å². The summed E-state index contributed by atoms with van der Waals surface area (Å²) in [6.07, 6.45) is 1.79. The molecule has 1 heterocycles. The van der Waals surface area contributed by atoms with Crippen LogP contribution in [0.15, 0.2) is 84.0 Å². The highest BCUT2D eigenvalue weighted by molar-refractivity contribution is 7.99. The predicted molar refractivity (Wildman–Crippen MR) is 137 cm³/mol. The van der Waals surface area contributed by atoms with Gasteiger partial charge >= 0.3 is 0 Å². The van der Waals surface area contributed by atoms with Crippen LogP contribution in [-0.4, -0.2) is 33.5 Å². The number of nitrogens with one attached hydrogen (secondary N) is 1. The maximum Gasteiger partial charge on any atom is 0.234 e. The summed E-state index contributed by atoms with van der Waals surface area (Å²) in [5.41, 5.74) is 4.13. The Bertz CT molecular complexity index is 1220. The maximum atomic E-state index is 12.6. The number of hydrogen-bond donors (Lipinski definition) is 1. The molecule has 0 saturated heterocycles. The second kappa shape index (κ2) is 11.5. The Morgan fingerprint density at radius 2 is 1.68 bits per heavy atom. The predicted octanol–water partition coefficient (Wildman–Crippen LogP) is 5.49. The molecule has 4 rings (SSSR count). The number of thioether (sulfide) groups is 1. The van der Waals surface area contributed by atoms with Gasteiger partial charge in [0, 0.05) is 12.2 Å². The fourth-order valence-corrected chi connectivity index (χ4v) is 4.43. The van der Waals surface area contributed by atoms with Gasteiger partial charge in [0.2, 0.25) is 5.91 Å². The van der Waals surface area contributed by atoms with Gasteiger partial charge in [0.1, 0.15) is 5.75 Å². The number of para-hydroxylation sites is 1. The number of anilines is 1. The number of nitrogens with zero attached hydrogens (tertiary/aromatic N) is 3. The first kappa shape index (κ1) is 23.6. The number of hydrogen-bond acceptors (Lipinski definition) is 5. The lowest BCUT2D eigenvalue weighted by Crippen LogP contribution is -2.15. The number of methoxy groups -OCH3 is 1. The second-order valence-corrected chi connectivity index (χ2v) is 8.72. The number of amides is 1. The van der Waals surface area contributed by atoms with Crippen molar-refractivity contribution in [2.75, 3.05) is 18.2 Å². The summed E-state index contributed by atoms with van der Waals surface area (Å²) in [6, 6.07) is 26.0. The van der Waals surface area contributed by atoms with Gasteiger partial charge in [0.15, 0.2) is 11.0 Å². The Hall–Kier alpha value is -3.58. The number of aromatic nitrogens is 3. The van der Waals surface area contributed by atoms with Crippen molar-refractivity contribution in [2.24, 2.45) is 0 Å². The monoisotopic (exact) mass is 472 g/mol. The first-order valence-electron chi connectivity index (χ1n) is 11.3. The van der Waals surface area contributed by atoms with Crippen LogP contribution < -0.4 is 10.1 Å². The summed E-state index contributed by atoms with van der Waals surface area (Å²) in [6.45, 7) is 2.80. The zero-order chi connectivity index (χ0) is 23.8. The van der Waals surface area contributed by atoms with Gasteiger partial charge in [0.05, 0.1) is 18.4 Å². The van der Waals surface area contributed by atoms with E-state index in [9.17, 15) is 4.79 Å². The standard InChI is InChI=1S/C27H28N4O2S/c1-3-20-13-15-22(16-14-20)28-25(32)19-34-27-30-29-26(23-11-7-8-12-24(23)33-2)31(27)18-17-21-9-5-4-6-10-21/h4-16H,3,17-19H2,1-2H3,(H,28,32). The zero-order valence-electron chi connectivity index (χ0n) is 19.4. The van der Waals surface area contributed by atoms with Crippen molar-refractivity contribution in [1.29, 1.82) is 0 Å². The molecule has 4 aromatic rings. The molecule has 34 heavy (non-hydrogen) atoms. The van der Waals surface area contributed by atoms with E-state index in [1.165, 1.54) is 22.9 Å². The Labute approximate surface area is 204 Å². The van der Waals surface area contributed by atoms with E-state index in [0.717, 1.165) is 35.7 Å². The zero-order valence-corrected chi connectivity index (χ0v) is 20.2. The van der Waals surface area contributed by atoms with Crippen LogP contribution in [0.5, 0.6) is 5.75 Å². The van der Waals surface area contributed by atoms with Gasteiger partial charge < -0.3 is 14.6 Å². The smallest absolute Gasteiger partial charge is 0.234 e. The normalized spacial score (nSPS) is 10.8. The molecule has 0 fully saturated rings. The van der Waals surface area contributed by atoms with E-state index in [-0.39, 0.29) is 11.7 Å². The van der Waals surface area contributed by atoms with Gasteiger partial charge in [-0.15, -0.1) is 10.2 Å². The highest BCUT2D eigenvalue weighted by atomic mass is 32.2. The van der Waals surface area contributed by atoms with E-state index in [0.29, 0.717) is 11.7 Å². The molecule has 0 spiro atoms. The minimum absolute atomic E-state index is 0.0781. The van der Waals surface area contributed by atoms with Crippen LogP contribution in [0.1, 0.15) is 18.1 Å². The van der Waals surface area contributed by atoms with Crippen LogP contribution in [0.3, 0.4) is 0 Å². The van der Waals surface area contributed by atoms with Crippen LogP contribution in [0, 0.1) is 0 Å². The Kier molecular flexibility index (Phi) is 7.99. The van der Waals surface area contributed by atoms with Crippen LogP contribution in [0.2, 0.25) is 0 Å². The van der Waals surface area contributed by atoms with Crippen molar-refractivity contribution >= 4 is 23.4 Å². The molecule has 1 aromatic heterocycles. The van der Waals surface area contributed by atoms with Gasteiger partial charge in [-0.25, -0.2) is 0 Å². The molecule has 0 aliphatic carbocycles. The third-order valence-electron chi connectivity index (χ3n) is 5.51. The van der Waals surface area contributed by atoms with Crippen molar-refractivity contribution < 1.29 is 9.53 Å². The second-order valence-electron chi connectivity index (χ2n) is 7.78. The molecule has 174 valence electrons. The van der Waals surface area contributed by atoms with Gasteiger partial charge in [-0.3, -0.25) is 4.79 Å². The molecule has 6 nitrogen and oxygen atoms in total. The maximum absolute atomic E-state index is 12.6. The number of rotatable bonds is 10. The lowest BCUT2D eigenvalue weighted by atomic mass is 10.1. The first-order chi connectivity index (χ1) is 16.7. The van der Waals surface area contributed by atoms with Gasteiger partial charge in [-0.2, -0.15) is 0 Å². The first-order valence-corrected chi connectivity index (χ1v) is 12.3. The quantitative estimate of drug-likeness (QED) is 0.309. The van der Waals surface area contributed by atoms with E-state index in [1.54, 1.807) is 7.11 Å². The van der Waals surface area contributed by atoms with E-state index in [1.807, 2.05) is 66.7 Å². The van der Waals surface area contributed by atoms with Gasteiger partial charge in [0.25, 0.3) is 0 Å². The largest absolute Gasteiger partial charge is 0.496 e. The van der Waals surface area contributed by atoms with Crippen molar-refractivity contribution in [2.45, 2.75) is 31.5 Å². The average Bonchev–Trinajstić information content (AvgIpc) is 3.29. The topological polar surface area (TPSA) is 69.0 Å². The summed E-state index contributed by atoms with van der Waals surface area (Å²) in [5.74, 6) is 1.63. The molecule has 0 aliphatic rings. The third kappa shape index (κ3) is 5.85. The molecular weight excluding hydrogens is 444 g/mol. The Morgan fingerprint density at radius 1 is 0.941 bits per heavy atom. The molecule has 0 bridgehead atoms. The molecule has 7 heteroatoms. The van der Waals surface area contributed by atoms with Crippen molar-refractivity contribution in [3.05, 3.63) is 90.0 Å². The molecule has 0 radical (unpaired) electrons. The minimum Gasteiger partial charge on any atom is -0.496 e. The molecule has 1 amide bonds. The summed E-state index contributed by atoms with van der Waals surface area (Å²) in [4.78, 5) is 12.6. The van der Waals surface area contributed by atoms with Gasteiger partial charge in [-0.1, -0.05) is 73.3 Å². The highest BCUT2D eigenvalue weighted by Crippen LogP contribution is 2.31. The number of carbonyl (C=O) groups is 1. The van der Waals surface area contributed by atoms with E-state index < -0.39 is 0 Å². The number of aryl methyl sites for hydroxylation is 2. The minimum atomic E-state index is -0.0781. The van der Waals surface area contributed by atoms with E-state index in [4.69, 9.17) is 4.74 Å². The summed E-state index contributed by atoms with van der Waals surface area (Å²) in [7, 11) is 1.65. The molecule has 1 N–H and O–H groups in total. The molecular formula is C27H28N4O2S. The fourth-order valence-electron chi connectivity index (χ4n) is 3.66. The number of benzene rings is 3. The van der Waals surface area contributed by atoms with E-state index >= 15 is 0 Å². The van der Waals surface area contributed by atoms with Gasteiger partial charge in [-0.05, 0) is 48.2 Å². The van der Waals surface area contributed by atoms with Crippen LogP contribution in [0.4, 0.5) is 5.69 Å². The lowest BCUT2D eigenvalue weighted by Gasteiger charge is -2.12. The SMILES string of the molecule is CCc1ccc(NC(=O)CSc2nnc(-c3ccccc3OC)n2CCc2ccccc2)cc1. The van der Waals surface area contributed by atoms with Crippen LogP contribution >= 0.6 is 11.8 Å². The molecule has 0 aliphatic heterocycles. The summed E-state index contributed by atoms with van der Waals surface area (Å²) < 4.78 is 7.62. The third-order valence-corrected chi connectivity index (χ3v) is 6.48. The number of carbonyl (C=O) groups excluding carboxylic acids is 1. The molecule has 0 unspecified atom stereocenters. The van der Waals surface area contributed by atoms with Crippen molar-refractivity contribution in [3.8, 4) is 17.1 Å². The summed E-state index contributed by atoms with van der Waals surface area (Å²) >= 11 is 1.38. The van der Waals surface area contributed by atoms with Crippen LogP contribution in [-0.2, 0) is 24.2 Å². The average molecular weight is 473 g/mol. The number of ether oxygens (including phenoxy) is 1.